The molecule has 0 amide bonds. The average molecular weight is 198 g/mol. The summed E-state index contributed by atoms with van der Waals surface area (Å²) in [5.41, 5.74) is 0.302. The monoisotopic (exact) mass is 198 g/mol. The van der Waals surface area contributed by atoms with Crippen molar-refractivity contribution in [1.82, 2.24) is 0 Å². The number of nitrogens with zero attached hydrogens (tertiary/aromatic N) is 1. The minimum absolute atomic E-state index is 0.0481. The maximum atomic E-state index is 11.8. The summed E-state index contributed by atoms with van der Waals surface area (Å²) in [5, 5.41) is 17.2. The van der Waals surface area contributed by atoms with Gasteiger partial charge in [-0.05, 0) is 17.7 Å². The molecular weight excluding hydrogens is 192 g/mol. The van der Waals surface area contributed by atoms with Crippen molar-refractivity contribution >= 4 is 0 Å². The second-order valence-corrected chi connectivity index (χ2v) is 2.38. The van der Waals surface area contributed by atoms with Crippen LogP contribution >= 0.6 is 0 Å². The Kier molecular flexibility index (Phi) is 3.37. The summed E-state index contributed by atoms with van der Waals surface area (Å²) in [4.78, 5) is 0. The zero-order chi connectivity index (χ0) is 10.6. The summed E-state index contributed by atoms with van der Waals surface area (Å²) < 4.78 is 27.7. The SMILES string of the molecule is N#Cc1cc([CH]O)ccc1OC(F)F. The third-order valence-electron chi connectivity index (χ3n) is 1.49. The Labute approximate surface area is 79.2 Å². The lowest BCUT2D eigenvalue weighted by Gasteiger charge is -2.06. The van der Waals surface area contributed by atoms with E-state index >= 15 is 0 Å². The molecule has 1 N–H and O–H groups in total. The van der Waals surface area contributed by atoms with Gasteiger partial charge < -0.3 is 9.84 Å². The van der Waals surface area contributed by atoms with Gasteiger partial charge in [0.25, 0.3) is 0 Å². The van der Waals surface area contributed by atoms with E-state index in [0.29, 0.717) is 5.56 Å². The molecule has 5 heteroatoms. The van der Waals surface area contributed by atoms with Gasteiger partial charge >= 0.3 is 6.61 Å². The van der Waals surface area contributed by atoms with E-state index in [2.05, 4.69) is 4.74 Å². The van der Waals surface area contributed by atoms with Gasteiger partial charge in [0.05, 0.1) is 5.56 Å². The first-order valence-corrected chi connectivity index (χ1v) is 3.63. The minimum atomic E-state index is -2.97. The number of benzene rings is 1. The van der Waals surface area contributed by atoms with Crippen molar-refractivity contribution in [2.45, 2.75) is 6.61 Å². The number of rotatable bonds is 3. The Morgan fingerprint density at radius 2 is 2.21 bits per heavy atom. The molecule has 0 heterocycles. The molecule has 0 aliphatic rings. The first-order valence-electron chi connectivity index (χ1n) is 3.63. The van der Waals surface area contributed by atoms with Crippen molar-refractivity contribution in [3.05, 3.63) is 35.9 Å². The molecule has 1 aromatic carbocycles. The van der Waals surface area contributed by atoms with Crippen LogP contribution in [-0.2, 0) is 0 Å². The minimum Gasteiger partial charge on any atom is -0.433 e. The van der Waals surface area contributed by atoms with E-state index in [1.165, 1.54) is 18.2 Å². The molecule has 0 unspecified atom stereocenters. The molecule has 73 valence electrons. The van der Waals surface area contributed by atoms with E-state index in [-0.39, 0.29) is 11.3 Å². The largest absolute Gasteiger partial charge is 0.433 e. The fraction of sp³-hybridized carbons (Fsp3) is 0.111. The summed E-state index contributed by atoms with van der Waals surface area (Å²) in [5.74, 6) is -0.201. The van der Waals surface area contributed by atoms with Gasteiger partial charge in [-0.25, -0.2) is 0 Å². The quantitative estimate of drug-likeness (QED) is 0.808. The summed E-state index contributed by atoms with van der Waals surface area (Å²) >= 11 is 0. The number of alkyl halides is 2. The molecule has 1 aromatic rings. The molecule has 0 atom stereocenters. The van der Waals surface area contributed by atoms with Crippen LogP contribution < -0.4 is 4.74 Å². The molecule has 0 saturated carbocycles. The summed E-state index contributed by atoms with van der Waals surface area (Å²) in [6.07, 6.45) is 0. The molecule has 0 spiro atoms. The van der Waals surface area contributed by atoms with Gasteiger partial charge in [-0.3, -0.25) is 0 Å². The normalized spacial score (nSPS) is 9.93. The molecule has 0 fully saturated rings. The highest BCUT2D eigenvalue weighted by molar-refractivity contribution is 5.46. The number of aliphatic hydroxyl groups excluding tert-OH is 1. The standard InChI is InChI=1S/C9H6F2NO2/c10-9(11)14-8-2-1-6(5-13)3-7(8)4-12/h1-3,5,9,13H. The zero-order valence-electron chi connectivity index (χ0n) is 6.95. The fourth-order valence-corrected chi connectivity index (χ4v) is 0.914. The Balaban J connectivity index is 3.01. The number of halogens is 2. The smallest absolute Gasteiger partial charge is 0.387 e. The summed E-state index contributed by atoms with van der Waals surface area (Å²) in [6, 6.07) is 5.49. The number of hydrogen-bond acceptors (Lipinski definition) is 3. The highest BCUT2D eigenvalue weighted by Crippen LogP contribution is 2.21. The number of aliphatic hydroxyl groups is 1. The van der Waals surface area contributed by atoms with Gasteiger partial charge in [0.15, 0.2) is 0 Å². The summed E-state index contributed by atoms with van der Waals surface area (Å²) in [6.45, 7) is -2.20. The second kappa shape index (κ2) is 4.53. The molecule has 0 aliphatic heterocycles. The zero-order valence-corrected chi connectivity index (χ0v) is 6.95. The van der Waals surface area contributed by atoms with E-state index in [4.69, 9.17) is 10.4 Å². The molecule has 0 aliphatic carbocycles. The van der Waals surface area contributed by atoms with Crippen molar-refractivity contribution in [3.63, 3.8) is 0 Å². The van der Waals surface area contributed by atoms with Gasteiger partial charge in [-0.1, -0.05) is 6.07 Å². The highest BCUT2D eigenvalue weighted by Gasteiger charge is 2.09. The Morgan fingerprint density at radius 1 is 1.50 bits per heavy atom. The molecule has 0 bridgehead atoms. The molecule has 1 radical (unpaired) electrons. The Bertz CT molecular complexity index is 360. The maximum Gasteiger partial charge on any atom is 0.387 e. The fourth-order valence-electron chi connectivity index (χ4n) is 0.914. The van der Waals surface area contributed by atoms with Gasteiger partial charge in [0.1, 0.15) is 18.4 Å². The topological polar surface area (TPSA) is 53.2 Å². The molecule has 0 saturated heterocycles. The van der Waals surface area contributed by atoms with Crippen LogP contribution in [0.15, 0.2) is 18.2 Å². The lowest BCUT2D eigenvalue weighted by molar-refractivity contribution is -0.0500. The van der Waals surface area contributed by atoms with Crippen LogP contribution in [-0.4, -0.2) is 11.7 Å². The van der Waals surface area contributed by atoms with Gasteiger partial charge in [-0.2, -0.15) is 14.0 Å². The van der Waals surface area contributed by atoms with Crippen LogP contribution in [0.3, 0.4) is 0 Å². The third-order valence-corrected chi connectivity index (χ3v) is 1.49. The van der Waals surface area contributed by atoms with Crippen LogP contribution in [0.25, 0.3) is 0 Å². The predicted molar refractivity (Wildman–Crippen MR) is 43.1 cm³/mol. The van der Waals surface area contributed by atoms with Crippen molar-refractivity contribution in [3.8, 4) is 11.8 Å². The van der Waals surface area contributed by atoms with Crippen LogP contribution in [0.1, 0.15) is 11.1 Å². The average Bonchev–Trinajstić information content (AvgIpc) is 2.17. The van der Waals surface area contributed by atoms with Crippen LogP contribution in [0.5, 0.6) is 5.75 Å². The van der Waals surface area contributed by atoms with E-state index in [1.807, 2.05) is 0 Å². The Morgan fingerprint density at radius 3 is 2.71 bits per heavy atom. The van der Waals surface area contributed by atoms with Crippen LogP contribution in [0, 0.1) is 17.9 Å². The van der Waals surface area contributed by atoms with Gasteiger partial charge in [-0.15, -0.1) is 0 Å². The number of nitriles is 1. The lowest BCUT2D eigenvalue weighted by atomic mass is 10.1. The summed E-state index contributed by atoms with van der Waals surface area (Å²) in [7, 11) is 0. The predicted octanol–water partition coefficient (Wildman–Crippen LogP) is 2.04. The number of ether oxygens (including phenoxy) is 1. The van der Waals surface area contributed by atoms with E-state index in [0.717, 1.165) is 6.61 Å². The second-order valence-electron chi connectivity index (χ2n) is 2.38. The Hall–Kier alpha value is -1.67. The third kappa shape index (κ3) is 2.41. The van der Waals surface area contributed by atoms with Gasteiger partial charge in [0, 0.05) is 0 Å². The van der Waals surface area contributed by atoms with E-state index < -0.39 is 6.61 Å². The van der Waals surface area contributed by atoms with Crippen LogP contribution in [0.2, 0.25) is 0 Å². The first kappa shape index (κ1) is 10.4. The maximum absolute atomic E-state index is 11.8. The van der Waals surface area contributed by atoms with Gasteiger partial charge in [0.2, 0.25) is 0 Å². The first-order chi connectivity index (χ1) is 6.67. The molecule has 3 nitrogen and oxygen atoms in total. The molecule has 14 heavy (non-hydrogen) atoms. The highest BCUT2D eigenvalue weighted by atomic mass is 19.3. The molecule has 1 rings (SSSR count). The molecular formula is C9H6F2NO2. The molecule has 0 aromatic heterocycles. The van der Waals surface area contributed by atoms with E-state index in [1.54, 1.807) is 6.07 Å². The van der Waals surface area contributed by atoms with Crippen molar-refractivity contribution < 1.29 is 18.6 Å². The van der Waals surface area contributed by atoms with Crippen molar-refractivity contribution in [1.29, 1.82) is 5.26 Å². The number of hydrogen-bond donors (Lipinski definition) is 1. The van der Waals surface area contributed by atoms with Crippen LogP contribution in [0.4, 0.5) is 8.78 Å². The van der Waals surface area contributed by atoms with Crippen molar-refractivity contribution in [2.24, 2.45) is 0 Å². The lowest BCUT2D eigenvalue weighted by Crippen LogP contribution is -2.03. The van der Waals surface area contributed by atoms with E-state index in [9.17, 15) is 8.78 Å². The van der Waals surface area contributed by atoms with Crippen molar-refractivity contribution in [2.75, 3.05) is 0 Å².